The van der Waals surface area contributed by atoms with Crippen molar-refractivity contribution < 1.29 is 28.6 Å². The van der Waals surface area contributed by atoms with Crippen molar-refractivity contribution in [1.29, 1.82) is 0 Å². The standard InChI is InChI=1S/C37H48N2O6Si/c1-35(2,3)45-34(41)38-30-32-31(43-37(6,7)44-32)29(39(33(30)40)25-26-17-11-8-12-18-26)23-24-36(4,5)46(42,27-19-13-9-14-20-27)28-21-15-10-16-22-28/h8-22,29-32,42H,23-25H2,1-7H3,(H,38,41)/t29-,30-,31-,32-/m1/s1. The lowest BCUT2D eigenvalue weighted by atomic mass is 9.86. The zero-order chi connectivity index (χ0) is 33.3. The van der Waals surface area contributed by atoms with E-state index >= 15 is 0 Å². The summed E-state index contributed by atoms with van der Waals surface area (Å²) in [6.45, 7) is 13.6. The van der Waals surface area contributed by atoms with Gasteiger partial charge in [0.25, 0.3) is 8.32 Å². The summed E-state index contributed by atoms with van der Waals surface area (Å²) in [5, 5.41) is 4.16. The van der Waals surface area contributed by atoms with E-state index in [9.17, 15) is 14.4 Å². The molecule has 2 fully saturated rings. The van der Waals surface area contributed by atoms with Gasteiger partial charge in [-0.2, -0.15) is 0 Å². The summed E-state index contributed by atoms with van der Waals surface area (Å²) < 4.78 is 18.5. The Morgan fingerprint density at radius 3 is 1.89 bits per heavy atom. The van der Waals surface area contributed by atoms with E-state index in [1.54, 1.807) is 20.8 Å². The number of hydrogen-bond acceptors (Lipinski definition) is 6. The molecule has 46 heavy (non-hydrogen) atoms. The number of fused-ring (bicyclic) bond motifs is 1. The fourth-order valence-corrected chi connectivity index (χ4v) is 10.7. The van der Waals surface area contributed by atoms with E-state index in [0.717, 1.165) is 15.9 Å². The van der Waals surface area contributed by atoms with Gasteiger partial charge in [0, 0.05) is 6.54 Å². The number of carbonyl (C=O) groups excluding carboxylic acids is 2. The van der Waals surface area contributed by atoms with E-state index in [1.807, 2.05) is 110 Å². The van der Waals surface area contributed by atoms with Gasteiger partial charge in [-0.1, -0.05) is 105 Å². The minimum Gasteiger partial charge on any atom is -0.444 e. The van der Waals surface area contributed by atoms with Crippen LogP contribution in [-0.2, 0) is 25.5 Å². The molecule has 2 saturated heterocycles. The van der Waals surface area contributed by atoms with Crippen LogP contribution in [0.1, 0.15) is 66.9 Å². The van der Waals surface area contributed by atoms with Crippen molar-refractivity contribution in [3.8, 4) is 0 Å². The number of nitrogens with one attached hydrogen (secondary N) is 1. The Kier molecular flexibility index (Phi) is 9.53. The second kappa shape index (κ2) is 12.9. The monoisotopic (exact) mass is 644 g/mol. The molecule has 246 valence electrons. The number of amides is 2. The van der Waals surface area contributed by atoms with Crippen molar-refractivity contribution in [2.75, 3.05) is 0 Å². The van der Waals surface area contributed by atoms with Gasteiger partial charge in [-0.3, -0.25) is 4.79 Å². The molecule has 4 atom stereocenters. The quantitative estimate of drug-likeness (QED) is 0.314. The summed E-state index contributed by atoms with van der Waals surface area (Å²) in [7, 11) is -3.30. The van der Waals surface area contributed by atoms with Crippen molar-refractivity contribution in [2.24, 2.45) is 0 Å². The van der Waals surface area contributed by atoms with E-state index in [1.165, 1.54) is 0 Å². The molecular formula is C37H48N2O6Si. The Bertz CT molecular complexity index is 1450. The minimum absolute atomic E-state index is 0.251. The normalized spacial score (nSPS) is 23.1. The number of rotatable bonds is 9. The molecule has 2 N–H and O–H groups in total. The van der Waals surface area contributed by atoms with Crippen molar-refractivity contribution >= 4 is 30.7 Å². The number of ether oxygens (including phenoxy) is 3. The first-order chi connectivity index (χ1) is 21.6. The van der Waals surface area contributed by atoms with Crippen LogP contribution in [0, 0.1) is 0 Å². The van der Waals surface area contributed by atoms with Gasteiger partial charge in [-0.15, -0.1) is 0 Å². The highest BCUT2D eigenvalue weighted by atomic mass is 28.4. The molecule has 5 rings (SSSR count). The molecule has 0 spiro atoms. The molecule has 8 nitrogen and oxygen atoms in total. The van der Waals surface area contributed by atoms with E-state index in [2.05, 4.69) is 19.2 Å². The number of likely N-dealkylation sites (tertiary alicyclic amines) is 1. The average Bonchev–Trinajstić information content (AvgIpc) is 3.33. The van der Waals surface area contributed by atoms with Crippen LogP contribution in [-0.4, -0.2) is 65.7 Å². The Morgan fingerprint density at radius 2 is 1.37 bits per heavy atom. The van der Waals surface area contributed by atoms with E-state index in [0.29, 0.717) is 19.4 Å². The summed E-state index contributed by atoms with van der Waals surface area (Å²) in [6, 6.07) is 28.4. The van der Waals surface area contributed by atoms with Crippen molar-refractivity contribution in [2.45, 2.75) is 109 Å². The molecule has 0 unspecified atom stereocenters. The summed E-state index contributed by atoms with van der Waals surface area (Å²) in [4.78, 5) is 42.1. The first kappa shape index (κ1) is 33.8. The lowest BCUT2D eigenvalue weighted by Crippen LogP contribution is -2.68. The first-order valence-corrected chi connectivity index (χ1v) is 18.1. The number of nitrogens with zero attached hydrogens (tertiary/aromatic N) is 1. The summed E-state index contributed by atoms with van der Waals surface area (Å²) in [5.41, 5.74) is 0.232. The molecule has 0 aliphatic carbocycles. The number of hydrogen-bond donors (Lipinski definition) is 2. The first-order valence-electron chi connectivity index (χ1n) is 16.1. The Balaban J connectivity index is 1.51. The maximum atomic E-state index is 14.4. The minimum atomic E-state index is -3.30. The largest absolute Gasteiger partial charge is 0.444 e. The van der Waals surface area contributed by atoms with Crippen molar-refractivity contribution in [3.63, 3.8) is 0 Å². The third kappa shape index (κ3) is 7.07. The summed E-state index contributed by atoms with van der Waals surface area (Å²) in [5.74, 6) is -1.22. The highest BCUT2D eigenvalue weighted by Gasteiger charge is 2.58. The van der Waals surface area contributed by atoms with Crippen LogP contribution < -0.4 is 15.7 Å². The van der Waals surface area contributed by atoms with Crippen LogP contribution in [0.3, 0.4) is 0 Å². The molecule has 2 amide bonds. The molecule has 3 aromatic carbocycles. The van der Waals surface area contributed by atoms with Gasteiger partial charge < -0.3 is 29.2 Å². The lowest BCUT2D eigenvalue weighted by molar-refractivity contribution is -0.151. The lowest BCUT2D eigenvalue weighted by Gasteiger charge is -2.47. The highest BCUT2D eigenvalue weighted by Crippen LogP contribution is 2.44. The SMILES string of the molecule is CC(C)(C)OC(=O)N[C@H]1C(=O)N(Cc2ccccc2)[C@H](CCC(C)(C)[Si](O)(c2ccccc2)c2ccccc2)[C@H]2OC(C)(C)O[C@@H]21. The molecule has 9 heteroatoms. The van der Waals surface area contributed by atoms with E-state index < -0.39 is 49.1 Å². The van der Waals surface area contributed by atoms with Gasteiger partial charge >= 0.3 is 6.09 Å². The van der Waals surface area contributed by atoms with Crippen molar-refractivity contribution in [1.82, 2.24) is 10.2 Å². The molecule has 2 heterocycles. The van der Waals surface area contributed by atoms with Gasteiger partial charge in [0.2, 0.25) is 5.91 Å². The Hall–Kier alpha value is -3.50. The maximum Gasteiger partial charge on any atom is 0.408 e. The summed E-state index contributed by atoms with van der Waals surface area (Å²) in [6.07, 6.45) is -0.746. The zero-order valence-corrected chi connectivity index (χ0v) is 29.0. The second-order valence-corrected chi connectivity index (χ2v) is 18.5. The molecule has 0 radical (unpaired) electrons. The topological polar surface area (TPSA) is 97.3 Å². The number of carbonyl (C=O) groups is 2. The highest BCUT2D eigenvalue weighted by molar-refractivity contribution is 6.98. The molecule has 2 aliphatic heterocycles. The molecular weight excluding hydrogens is 597 g/mol. The molecule has 3 aromatic rings. The van der Waals surface area contributed by atoms with E-state index in [-0.39, 0.29) is 11.9 Å². The molecule has 0 aromatic heterocycles. The van der Waals surface area contributed by atoms with Crippen LogP contribution in [0.4, 0.5) is 4.79 Å². The smallest absolute Gasteiger partial charge is 0.408 e. The van der Waals surface area contributed by atoms with Crippen LogP contribution in [0.15, 0.2) is 91.0 Å². The van der Waals surface area contributed by atoms with Gasteiger partial charge in [-0.05, 0) is 68.4 Å². The second-order valence-electron chi connectivity index (χ2n) is 14.6. The average molecular weight is 645 g/mol. The fourth-order valence-electron chi connectivity index (χ4n) is 6.90. The van der Waals surface area contributed by atoms with Gasteiger partial charge in [0.1, 0.15) is 23.9 Å². The van der Waals surface area contributed by atoms with Crippen molar-refractivity contribution in [3.05, 3.63) is 96.6 Å². The Labute approximate surface area is 274 Å². The van der Waals surface area contributed by atoms with Gasteiger partial charge in [0.15, 0.2) is 5.79 Å². The maximum absolute atomic E-state index is 14.4. The zero-order valence-electron chi connectivity index (χ0n) is 28.0. The molecule has 2 aliphatic rings. The number of piperidine rings is 1. The summed E-state index contributed by atoms with van der Waals surface area (Å²) >= 11 is 0. The van der Waals surface area contributed by atoms with Crippen LogP contribution in [0.5, 0.6) is 0 Å². The van der Waals surface area contributed by atoms with Gasteiger partial charge in [-0.25, -0.2) is 4.79 Å². The van der Waals surface area contributed by atoms with Gasteiger partial charge in [0.05, 0.1) is 6.04 Å². The van der Waals surface area contributed by atoms with Crippen LogP contribution >= 0.6 is 0 Å². The fraction of sp³-hybridized carbons (Fsp3) is 0.459. The predicted octanol–water partition coefficient (Wildman–Crippen LogP) is 5.12. The number of alkyl carbamates (subject to hydrolysis) is 1. The van der Waals surface area contributed by atoms with Crippen LogP contribution in [0.2, 0.25) is 5.04 Å². The predicted molar refractivity (Wildman–Crippen MR) is 181 cm³/mol. The third-order valence-electron chi connectivity index (χ3n) is 9.12. The molecule has 0 saturated carbocycles. The third-order valence-corrected chi connectivity index (χ3v) is 13.7. The molecule has 0 bridgehead atoms. The Morgan fingerprint density at radius 1 is 0.870 bits per heavy atom. The number of benzene rings is 3. The van der Waals surface area contributed by atoms with Crippen LogP contribution in [0.25, 0.3) is 0 Å². The van der Waals surface area contributed by atoms with E-state index in [4.69, 9.17) is 14.2 Å².